The lowest BCUT2D eigenvalue weighted by Crippen LogP contribution is -2.35. The Bertz CT molecular complexity index is 1480. The Hall–Kier alpha value is -3.89. The summed E-state index contributed by atoms with van der Waals surface area (Å²) < 4.78 is 67.5. The van der Waals surface area contributed by atoms with Gasteiger partial charge < -0.3 is 19.4 Å². The van der Waals surface area contributed by atoms with Crippen molar-refractivity contribution in [3.8, 4) is 0 Å². The van der Waals surface area contributed by atoms with Gasteiger partial charge in [-0.1, -0.05) is 36.4 Å². The van der Waals surface area contributed by atoms with Gasteiger partial charge in [0.05, 0.1) is 18.2 Å². The maximum Gasteiger partial charge on any atom is 0.417 e. The number of nitrogens with zero attached hydrogens (tertiary/aromatic N) is 1. The third kappa shape index (κ3) is 6.46. The van der Waals surface area contributed by atoms with Crippen LogP contribution in [0.5, 0.6) is 0 Å². The Balaban J connectivity index is 0.000000289. The van der Waals surface area contributed by atoms with Crippen molar-refractivity contribution >= 4 is 23.0 Å². The summed E-state index contributed by atoms with van der Waals surface area (Å²) in [7, 11) is 2.70. The Morgan fingerprint density at radius 1 is 1.05 bits per heavy atom. The van der Waals surface area contributed by atoms with Crippen molar-refractivity contribution in [2.45, 2.75) is 57.7 Å². The zero-order valence-electron chi connectivity index (χ0n) is 23.2. The molecule has 3 aromatic rings. The van der Waals surface area contributed by atoms with E-state index in [2.05, 4.69) is 10.1 Å². The van der Waals surface area contributed by atoms with Crippen molar-refractivity contribution in [2.75, 3.05) is 13.7 Å². The number of aryl methyl sites for hydroxylation is 2. The molecule has 1 aromatic heterocycles. The summed E-state index contributed by atoms with van der Waals surface area (Å²) in [4.78, 5) is 34.6. The van der Waals surface area contributed by atoms with Crippen molar-refractivity contribution in [1.82, 2.24) is 9.88 Å². The molecular weight excluding hydrogens is 532 g/mol. The number of para-hydroxylation sites is 1. The van der Waals surface area contributed by atoms with Crippen LogP contribution < -0.4 is 10.9 Å². The first-order valence-corrected chi connectivity index (χ1v) is 12.5. The van der Waals surface area contributed by atoms with Crippen LogP contribution in [0.4, 0.5) is 22.4 Å². The van der Waals surface area contributed by atoms with E-state index in [1.165, 1.54) is 43.0 Å². The molecule has 1 N–H and O–H groups in total. The van der Waals surface area contributed by atoms with Crippen LogP contribution >= 0.6 is 0 Å². The number of alkyl carbamates (subject to hydrolysis) is 1. The van der Waals surface area contributed by atoms with Gasteiger partial charge in [0, 0.05) is 23.4 Å². The summed E-state index contributed by atoms with van der Waals surface area (Å²) in [6.45, 7) is 6.61. The Morgan fingerprint density at radius 2 is 1.68 bits per heavy atom. The van der Waals surface area contributed by atoms with Crippen LogP contribution in [0.15, 0.2) is 47.3 Å². The molecule has 1 saturated carbocycles. The second kappa shape index (κ2) is 11.3. The fourth-order valence-electron chi connectivity index (χ4n) is 4.56. The van der Waals surface area contributed by atoms with E-state index in [1.54, 1.807) is 45.9 Å². The first kappa shape index (κ1) is 30.6. The van der Waals surface area contributed by atoms with Gasteiger partial charge in [0.2, 0.25) is 0 Å². The third-order valence-corrected chi connectivity index (χ3v) is 6.53. The summed E-state index contributed by atoms with van der Waals surface area (Å²) in [6.07, 6.45) is -4.73. The first-order valence-electron chi connectivity index (χ1n) is 12.5. The van der Waals surface area contributed by atoms with Gasteiger partial charge in [-0.2, -0.15) is 13.2 Å². The van der Waals surface area contributed by atoms with Gasteiger partial charge in [-0.15, -0.1) is 0 Å². The Morgan fingerprint density at radius 3 is 2.23 bits per heavy atom. The van der Waals surface area contributed by atoms with Crippen LogP contribution in [-0.2, 0) is 32.9 Å². The summed E-state index contributed by atoms with van der Waals surface area (Å²) in [5, 5.41) is 2.21. The number of rotatable bonds is 4. The molecule has 11 heteroatoms. The number of carbonyl (C=O) groups is 2. The minimum absolute atomic E-state index is 0.0403. The van der Waals surface area contributed by atoms with Gasteiger partial charge in [0.25, 0.3) is 5.56 Å². The average molecular weight is 565 g/mol. The van der Waals surface area contributed by atoms with Crippen molar-refractivity contribution in [3.05, 3.63) is 80.9 Å². The number of hydrogen-bond donors (Lipinski definition) is 1. The molecule has 0 atom stereocenters. The molecule has 7 nitrogen and oxygen atoms in total. The number of ether oxygens (including phenoxy) is 2. The predicted octanol–water partition coefficient (Wildman–Crippen LogP) is 5.77. The highest BCUT2D eigenvalue weighted by atomic mass is 19.4. The van der Waals surface area contributed by atoms with E-state index in [-0.39, 0.29) is 28.6 Å². The van der Waals surface area contributed by atoms with Gasteiger partial charge in [0.15, 0.2) is 0 Å². The maximum absolute atomic E-state index is 14.8. The number of alkyl halides is 3. The maximum atomic E-state index is 14.8. The molecule has 0 bridgehead atoms. The van der Waals surface area contributed by atoms with Gasteiger partial charge in [-0.25, -0.2) is 9.18 Å². The molecule has 216 valence electrons. The lowest BCUT2D eigenvalue weighted by Gasteiger charge is -2.24. The zero-order chi connectivity index (χ0) is 30.0. The molecule has 1 heterocycles. The molecule has 1 aliphatic carbocycles. The fraction of sp³-hybridized carbons (Fsp3) is 0.414. The predicted molar refractivity (Wildman–Crippen MR) is 142 cm³/mol. The highest BCUT2D eigenvalue weighted by molar-refractivity contribution is 5.85. The molecule has 0 spiro atoms. The number of amides is 1. The van der Waals surface area contributed by atoms with E-state index in [0.717, 1.165) is 0 Å². The van der Waals surface area contributed by atoms with Crippen molar-refractivity contribution in [3.63, 3.8) is 0 Å². The standard InChI is InChI=1S/C21H17F4NO.C8H15NO4/c1-12-6-5-8-14(18(12)22)20(10-11-20)17-16(21(23,24)25)13-7-3-4-9-15(13)26(2)19(17)27;1-8(2,3)13-7(11)9-5-6(10)12-4/h3-9H,10-11H2,1-2H3;5H2,1-4H3,(H,9,11). The largest absolute Gasteiger partial charge is 0.468 e. The molecular formula is C29H32F4N2O5. The molecule has 1 amide bonds. The molecule has 1 aliphatic rings. The summed E-state index contributed by atoms with van der Waals surface area (Å²) in [5.74, 6) is -1.05. The molecule has 4 rings (SSSR count). The second-order valence-electron chi connectivity index (χ2n) is 10.6. The highest BCUT2D eigenvalue weighted by Gasteiger charge is 2.54. The fourth-order valence-corrected chi connectivity index (χ4v) is 4.56. The SMILES string of the molecule is COC(=O)CNC(=O)OC(C)(C)C.Cc1cccc(C2(c3c(C(F)(F)F)c4ccccc4n(C)c3=O)CC2)c1F. The van der Waals surface area contributed by atoms with Crippen LogP contribution in [0.25, 0.3) is 10.9 Å². The molecule has 1 fully saturated rings. The minimum atomic E-state index is -4.72. The van der Waals surface area contributed by atoms with Crippen LogP contribution in [-0.4, -0.2) is 35.9 Å². The number of nitrogens with one attached hydrogen (secondary N) is 1. The number of hydrogen-bond acceptors (Lipinski definition) is 5. The minimum Gasteiger partial charge on any atom is -0.468 e. The molecule has 0 radical (unpaired) electrons. The summed E-state index contributed by atoms with van der Waals surface area (Å²) >= 11 is 0. The second-order valence-corrected chi connectivity index (χ2v) is 10.6. The van der Waals surface area contributed by atoms with Gasteiger partial charge in [-0.3, -0.25) is 9.59 Å². The van der Waals surface area contributed by atoms with E-state index < -0.39 is 46.2 Å². The number of methoxy groups -OCH3 is 1. The number of halogens is 4. The smallest absolute Gasteiger partial charge is 0.417 e. The molecule has 0 saturated heterocycles. The lowest BCUT2D eigenvalue weighted by molar-refractivity contribution is -0.139. The van der Waals surface area contributed by atoms with Gasteiger partial charge in [-0.05, 0) is 57.7 Å². The molecule has 0 aliphatic heterocycles. The van der Waals surface area contributed by atoms with E-state index in [0.29, 0.717) is 18.4 Å². The topological polar surface area (TPSA) is 86.6 Å². The van der Waals surface area contributed by atoms with Crippen molar-refractivity contribution in [1.29, 1.82) is 0 Å². The Labute approximate surface area is 229 Å². The van der Waals surface area contributed by atoms with Crippen LogP contribution in [0.1, 0.15) is 55.9 Å². The highest BCUT2D eigenvalue weighted by Crippen LogP contribution is 2.56. The number of benzene rings is 2. The van der Waals surface area contributed by atoms with E-state index in [9.17, 15) is 31.9 Å². The quantitative estimate of drug-likeness (QED) is 0.321. The van der Waals surface area contributed by atoms with Crippen molar-refractivity contribution in [2.24, 2.45) is 7.05 Å². The van der Waals surface area contributed by atoms with E-state index >= 15 is 0 Å². The summed E-state index contributed by atoms with van der Waals surface area (Å²) in [5.41, 5.74) is -3.08. The van der Waals surface area contributed by atoms with Crippen LogP contribution in [0.2, 0.25) is 0 Å². The third-order valence-electron chi connectivity index (χ3n) is 6.53. The number of carbonyl (C=O) groups excluding carboxylic acids is 2. The first-order chi connectivity index (χ1) is 18.5. The van der Waals surface area contributed by atoms with Crippen LogP contribution in [0, 0.1) is 12.7 Å². The molecule has 0 unspecified atom stereocenters. The summed E-state index contributed by atoms with van der Waals surface area (Å²) in [6, 6.07) is 10.6. The lowest BCUT2D eigenvalue weighted by atomic mass is 9.83. The average Bonchev–Trinajstić information content (AvgIpc) is 3.66. The van der Waals surface area contributed by atoms with Gasteiger partial charge in [0.1, 0.15) is 18.0 Å². The van der Waals surface area contributed by atoms with Crippen LogP contribution in [0.3, 0.4) is 0 Å². The number of aromatic nitrogens is 1. The Kier molecular flexibility index (Phi) is 8.66. The van der Waals surface area contributed by atoms with Crippen molar-refractivity contribution < 1.29 is 36.6 Å². The number of esters is 1. The molecule has 2 aromatic carbocycles. The normalized spacial score (nSPS) is 14.2. The zero-order valence-corrected chi connectivity index (χ0v) is 23.2. The number of pyridine rings is 1. The monoisotopic (exact) mass is 564 g/mol. The van der Waals surface area contributed by atoms with E-state index in [4.69, 9.17) is 4.74 Å². The number of fused-ring (bicyclic) bond motifs is 1. The molecule has 40 heavy (non-hydrogen) atoms. The van der Waals surface area contributed by atoms with E-state index in [1.807, 2.05) is 0 Å². The van der Waals surface area contributed by atoms with Gasteiger partial charge >= 0.3 is 18.2 Å².